The van der Waals surface area contributed by atoms with Crippen LogP contribution in [-0.4, -0.2) is 27.7 Å². The highest BCUT2D eigenvalue weighted by Crippen LogP contribution is 2.19. The van der Waals surface area contributed by atoms with E-state index >= 15 is 0 Å². The Labute approximate surface area is 111 Å². The van der Waals surface area contributed by atoms with Gasteiger partial charge in [0.25, 0.3) is 0 Å². The molecule has 1 aromatic carbocycles. The normalized spacial score (nSPS) is 19.9. The SMILES string of the molecule is N#Cc1c(F)cccc1S(=O)(=O)NC1CCCOC1. The minimum absolute atomic E-state index is 0.288. The van der Waals surface area contributed by atoms with Crippen molar-refractivity contribution >= 4 is 10.0 Å². The molecule has 102 valence electrons. The number of halogens is 1. The molecule has 0 bridgehead atoms. The first-order chi connectivity index (χ1) is 9.04. The lowest BCUT2D eigenvalue weighted by Crippen LogP contribution is -2.40. The lowest BCUT2D eigenvalue weighted by atomic mass is 10.1. The Morgan fingerprint density at radius 3 is 2.89 bits per heavy atom. The molecule has 1 atom stereocenters. The van der Waals surface area contributed by atoms with Crippen molar-refractivity contribution in [3.63, 3.8) is 0 Å². The van der Waals surface area contributed by atoms with Gasteiger partial charge >= 0.3 is 0 Å². The van der Waals surface area contributed by atoms with Gasteiger partial charge in [-0.3, -0.25) is 0 Å². The topological polar surface area (TPSA) is 79.2 Å². The summed E-state index contributed by atoms with van der Waals surface area (Å²) in [7, 11) is -3.92. The van der Waals surface area contributed by atoms with Gasteiger partial charge in [-0.15, -0.1) is 0 Å². The Hall–Kier alpha value is -1.49. The first-order valence-electron chi connectivity index (χ1n) is 5.83. The lowest BCUT2D eigenvalue weighted by Gasteiger charge is -2.23. The van der Waals surface area contributed by atoms with E-state index in [0.29, 0.717) is 13.0 Å². The number of nitriles is 1. The van der Waals surface area contributed by atoms with Crippen molar-refractivity contribution in [3.05, 3.63) is 29.6 Å². The predicted molar refractivity (Wildman–Crippen MR) is 65.3 cm³/mol. The number of ether oxygens (including phenoxy) is 1. The number of rotatable bonds is 3. The van der Waals surface area contributed by atoms with E-state index in [1.165, 1.54) is 12.1 Å². The highest BCUT2D eigenvalue weighted by molar-refractivity contribution is 7.89. The molecule has 0 radical (unpaired) electrons. The van der Waals surface area contributed by atoms with Gasteiger partial charge in [-0.05, 0) is 25.0 Å². The van der Waals surface area contributed by atoms with E-state index in [9.17, 15) is 12.8 Å². The molecule has 0 aromatic heterocycles. The van der Waals surface area contributed by atoms with Crippen molar-refractivity contribution < 1.29 is 17.5 Å². The van der Waals surface area contributed by atoms with E-state index in [-0.39, 0.29) is 17.5 Å². The third-order valence-corrected chi connectivity index (χ3v) is 4.42. The van der Waals surface area contributed by atoms with E-state index in [2.05, 4.69) is 4.72 Å². The van der Waals surface area contributed by atoms with Crippen LogP contribution in [0.25, 0.3) is 0 Å². The molecule has 2 rings (SSSR count). The number of nitrogens with one attached hydrogen (secondary N) is 1. The van der Waals surface area contributed by atoms with Crippen molar-refractivity contribution in [2.45, 2.75) is 23.8 Å². The van der Waals surface area contributed by atoms with Crippen molar-refractivity contribution in [2.24, 2.45) is 0 Å². The largest absolute Gasteiger partial charge is 0.380 e. The number of sulfonamides is 1. The van der Waals surface area contributed by atoms with E-state index in [1.807, 2.05) is 0 Å². The summed E-state index contributed by atoms with van der Waals surface area (Å²) >= 11 is 0. The second kappa shape index (κ2) is 5.65. The van der Waals surface area contributed by atoms with Gasteiger partial charge in [0.15, 0.2) is 0 Å². The molecular weight excluding hydrogens is 271 g/mol. The Bertz CT molecular complexity index is 604. The predicted octanol–water partition coefficient (Wildman–Crippen LogP) is 1.15. The van der Waals surface area contributed by atoms with Crippen LogP contribution in [0.4, 0.5) is 4.39 Å². The van der Waals surface area contributed by atoms with Crippen LogP contribution >= 0.6 is 0 Å². The van der Waals surface area contributed by atoms with Crippen molar-refractivity contribution in [1.29, 1.82) is 5.26 Å². The van der Waals surface area contributed by atoms with E-state index in [4.69, 9.17) is 10.00 Å². The quantitative estimate of drug-likeness (QED) is 0.903. The lowest BCUT2D eigenvalue weighted by molar-refractivity contribution is 0.0774. The fourth-order valence-electron chi connectivity index (χ4n) is 1.95. The molecule has 1 aromatic rings. The monoisotopic (exact) mass is 284 g/mol. The molecule has 7 heteroatoms. The number of hydrogen-bond acceptors (Lipinski definition) is 4. The second-order valence-corrected chi connectivity index (χ2v) is 5.94. The molecule has 1 aliphatic heterocycles. The smallest absolute Gasteiger partial charge is 0.242 e. The minimum atomic E-state index is -3.92. The molecule has 19 heavy (non-hydrogen) atoms. The third-order valence-electron chi connectivity index (χ3n) is 2.86. The second-order valence-electron chi connectivity index (χ2n) is 4.26. The molecule has 1 N–H and O–H groups in total. The van der Waals surface area contributed by atoms with Crippen molar-refractivity contribution in [3.8, 4) is 6.07 Å². The highest BCUT2D eigenvalue weighted by Gasteiger charge is 2.25. The molecule has 1 heterocycles. The van der Waals surface area contributed by atoms with Crippen LogP contribution in [0.2, 0.25) is 0 Å². The summed E-state index contributed by atoms with van der Waals surface area (Å²) in [5.74, 6) is -0.842. The molecule has 1 aliphatic rings. The summed E-state index contributed by atoms with van der Waals surface area (Å²) in [6, 6.07) is 4.78. The summed E-state index contributed by atoms with van der Waals surface area (Å²) in [4.78, 5) is -0.333. The minimum Gasteiger partial charge on any atom is -0.380 e. The van der Waals surface area contributed by atoms with Gasteiger partial charge in [-0.2, -0.15) is 5.26 Å². The van der Waals surface area contributed by atoms with Crippen molar-refractivity contribution in [2.75, 3.05) is 13.2 Å². The molecule has 1 unspecified atom stereocenters. The van der Waals surface area contributed by atoms with Crippen LogP contribution in [-0.2, 0) is 14.8 Å². The maximum Gasteiger partial charge on any atom is 0.242 e. The van der Waals surface area contributed by atoms with E-state index < -0.39 is 21.4 Å². The Kier molecular flexibility index (Phi) is 4.14. The highest BCUT2D eigenvalue weighted by atomic mass is 32.2. The fraction of sp³-hybridized carbons (Fsp3) is 0.417. The maximum atomic E-state index is 13.4. The van der Waals surface area contributed by atoms with Crippen LogP contribution in [0.5, 0.6) is 0 Å². The zero-order valence-corrected chi connectivity index (χ0v) is 10.9. The summed E-state index contributed by atoms with van der Waals surface area (Å²) in [5, 5.41) is 8.86. The fourth-order valence-corrected chi connectivity index (χ4v) is 3.37. The summed E-state index contributed by atoms with van der Waals surface area (Å²) in [6.45, 7) is 0.901. The van der Waals surface area contributed by atoms with Crippen LogP contribution < -0.4 is 4.72 Å². The van der Waals surface area contributed by atoms with Gasteiger partial charge in [-0.25, -0.2) is 17.5 Å². The maximum absolute atomic E-state index is 13.4. The van der Waals surface area contributed by atoms with Gasteiger partial charge in [0.2, 0.25) is 10.0 Å². The summed E-state index contributed by atoms with van der Waals surface area (Å²) in [6.07, 6.45) is 1.43. The molecule has 0 amide bonds. The number of nitrogens with zero attached hydrogens (tertiary/aromatic N) is 1. The van der Waals surface area contributed by atoms with Gasteiger partial charge < -0.3 is 4.74 Å². The molecule has 0 spiro atoms. The van der Waals surface area contributed by atoms with E-state index in [1.54, 1.807) is 6.07 Å². The average Bonchev–Trinajstić information content (AvgIpc) is 2.39. The van der Waals surface area contributed by atoms with Crippen LogP contribution in [0, 0.1) is 17.1 Å². The van der Waals surface area contributed by atoms with Crippen LogP contribution in [0.15, 0.2) is 23.1 Å². The number of benzene rings is 1. The summed E-state index contributed by atoms with van der Waals surface area (Å²) < 4.78 is 45.3. The first-order valence-corrected chi connectivity index (χ1v) is 7.31. The third kappa shape index (κ3) is 3.10. The molecule has 0 saturated carbocycles. The average molecular weight is 284 g/mol. The summed E-state index contributed by atoms with van der Waals surface area (Å²) in [5.41, 5.74) is -0.466. The van der Waals surface area contributed by atoms with Gasteiger partial charge in [0, 0.05) is 12.6 Å². The Morgan fingerprint density at radius 1 is 1.47 bits per heavy atom. The Balaban J connectivity index is 2.29. The molecule has 1 fully saturated rings. The van der Waals surface area contributed by atoms with Crippen molar-refractivity contribution in [1.82, 2.24) is 4.72 Å². The molecule has 1 saturated heterocycles. The zero-order valence-electron chi connectivity index (χ0n) is 10.1. The van der Waals surface area contributed by atoms with Gasteiger partial charge in [0.1, 0.15) is 22.3 Å². The molecule has 0 aliphatic carbocycles. The zero-order chi connectivity index (χ0) is 13.9. The first kappa shape index (κ1) is 13.9. The number of hydrogen-bond donors (Lipinski definition) is 1. The van der Waals surface area contributed by atoms with Gasteiger partial charge in [-0.1, -0.05) is 6.07 Å². The van der Waals surface area contributed by atoms with Crippen LogP contribution in [0.1, 0.15) is 18.4 Å². The van der Waals surface area contributed by atoms with E-state index in [0.717, 1.165) is 12.5 Å². The molecular formula is C12H13FN2O3S. The van der Waals surface area contributed by atoms with Gasteiger partial charge in [0.05, 0.1) is 6.61 Å². The molecule has 5 nitrogen and oxygen atoms in total. The standard InChI is InChI=1S/C12H13FN2O3S/c13-11-4-1-5-12(10(11)7-14)19(16,17)15-9-3-2-6-18-8-9/h1,4-5,9,15H,2-3,6,8H2. The van der Waals surface area contributed by atoms with Crippen LogP contribution in [0.3, 0.4) is 0 Å². The Morgan fingerprint density at radius 2 is 2.26 bits per heavy atom.